The number of halogens is 1. The fourth-order valence-corrected chi connectivity index (χ4v) is 2.00. The molecule has 0 saturated carbocycles. The van der Waals surface area contributed by atoms with E-state index in [1.165, 1.54) is 0 Å². The van der Waals surface area contributed by atoms with Crippen molar-refractivity contribution in [1.82, 2.24) is 5.32 Å². The van der Waals surface area contributed by atoms with Crippen LogP contribution in [0.2, 0.25) is 5.02 Å². The SMILES string of the molecule is CCCNCc1cc(Cl)ccc1Oc1ccccc1. The number of benzene rings is 2. The molecule has 2 nitrogen and oxygen atoms in total. The van der Waals surface area contributed by atoms with Crippen molar-refractivity contribution < 1.29 is 4.74 Å². The van der Waals surface area contributed by atoms with Crippen molar-refractivity contribution >= 4 is 11.6 Å². The second kappa shape index (κ2) is 7.17. The Bertz CT molecular complexity index is 513. The van der Waals surface area contributed by atoms with Gasteiger partial charge in [-0.1, -0.05) is 36.7 Å². The molecule has 0 aliphatic carbocycles. The zero-order valence-corrected chi connectivity index (χ0v) is 11.8. The number of hydrogen-bond acceptors (Lipinski definition) is 2. The van der Waals surface area contributed by atoms with E-state index in [-0.39, 0.29) is 0 Å². The molecule has 0 heterocycles. The molecule has 0 unspecified atom stereocenters. The minimum Gasteiger partial charge on any atom is -0.457 e. The van der Waals surface area contributed by atoms with Crippen LogP contribution in [0.4, 0.5) is 0 Å². The van der Waals surface area contributed by atoms with E-state index in [4.69, 9.17) is 16.3 Å². The average molecular weight is 276 g/mol. The van der Waals surface area contributed by atoms with Crippen LogP contribution >= 0.6 is 11.6 Å². The van der Waals surface area contributed by atoms with Crippen LogP contribution in [-0.4, -0.2) is 6.54 Å². The molecule has 0 spiro atoms. The monoisotopic (exact) mass is 275 g/mol. The van der Waals surface area contributed by atoms with E-state index in [0.717, 1.165) is 41.6 Å². The summed E-state index contributed by atoms with van der Waals surface area (Å²) in [5.74, 6) is 1.68. The zero-order valence-electron chi connectivity index (χ0n) is 11.0. The molecule has 0 atom stereocenters. The molecule has 0 aromatic heterocycles. The van der Waals surface area contributed by atoms with Gasteiger partial charge in [0.05, 0.1) is 0 Å². The van der Waals surface area contributed by atoms with Crippen molar-refractivity contribution in [1.29, 1.82) is 0 Å². The molecule has 0 bridgehead atoms. The summed E-state index contributed by atoms with van der Waals surface area (Å²) in [6.45, 7) is 3.89. The van der Waals surface area contributed by atoms with Gasteiger partial charge in [0.1, 0.15) is 11.5 Å². The number of para-hydroxylation sites is 1. The third kappa shape index (κ3) is 4.27. The molecule has 100 valence electrons. The molecule has 2 rings (SSSR count). The van der Waals surface area contributed by atoms with Crippen molar-refractivity contribution in [3.63, 3.8) is 0 Å². The highest BCUT2D eigenvalue weighted by Crippen LogP contribution is 2.27. The first-order valence-corrected chi connectivity index (χ1v) is 6.89. The summed E-state index contributed by atoms with van der Waals surface area (Å²) in [5, 5.41) is 4.10. The quantitative estimate of drug-likeness (QED) is 0.776. The molecule has 19 heavy (non-hydrogen) atoms. The number of ether oxygens (including phenoxy) is 1. The van der Waals surface area contributed by atoms with Crippen LogP contribution in [0, 0.1) is 0 Å². The summed E-state index contributed by atoms with van der Waals surface area (Å²) < 4.78 is 5.90. The van der Waals surface area contributed by atoms with E-state index in [1.54, 1.807) is 0 Å². The van der Waals surface area contributed by atoms with Crippen LogP contribution in [0.25, 0.3) is 0 Å². The summed E-state index contributed by atoms with van der Waals surface area (Å²) in [6.07, 6.45) is 1.11. The summed E-state index contributed by atoms with van der Waals surface area (Å²) in [6, 6.07) is 15.5. The maximum absolute atomic E-state index is 6.05. The Hall–Kier alpha value is -1.51. The Labute approximate surface area is 119 Å². The Balaban J connectivity index is 2.14. The fraction of sp³-hybridized carbons (Fsp3) is 0.250. The Morgan fingerprint density at radius 1 is 1.11 bits per heavy atom. The number of nitrogens with one attached hydrogen (secondary N) is 1. The standard InChI is InChI=1S/C16H18ClNO/c1-2-10-18-12-13-11-14(17)8-9-16(13)19-15-6-4-3-5-7-15/h3-9,11,18H,2,10,12H2,1H3. The smallest absolute Gasteiger partial charge is 0.132 e. The molecular formula is C16H18ClNO. The van der Waals surface area contributed by atoms with Gasteiger partial charge in [-0.3, -0.25) is 0 Å². The minimum absolute atomic E-state index is 0.730. The van der Waals surface area contributed by atoms with Crippen LogP contribution in [-0.2, 0) is 6.54 Å². The van der Waals surface area contributed by atoms with Gasteiger partial charge in [-0.15, -0.1) is 0 Å². The van der Waals surface area contributed by atoms with Gasteiger partial charge < -0.3 is 10.1 Å². The fourth-order valence-electron chi connectivity index (χ4n) is 1.80. The lowest BCUT2D eigenvalue weighted by atomic mass is 10.2. The number of hydrogen-bond donors (Lipinski definition) is 1. The summed E-state index contributed by atoms with van der Waals surface area (Å²) in [5.41, 5.74) is 1.07. The lowest BCUT2D eigenvalue weighted by Gasteiger charge is -2.12. The first-order chi connectivity index (χ1) is 9.29. The molecule has 0 fully saturated rings. The highest BCUT2D eigenvalue weighted by atomic mass is 35.5. The van der Waals surface area contributed by atoms with E-state index in [1.807, 2.05) is 48.5 Å². The van der Waals surface area contributed by atoms with Gasteiger partial charge in [0, 0.05) is 17.1 Å². The van der Waals surface area contributed by atoms with Gasteiger partial charge in [-0.2, -0.15) is 0 Å². The van der Waals surface area contributed by atoms with Crippen LogP contribution < -0.4 is 10.1 Å². The largest absolute Gasteiger partial charge is 0.457 e. The third-order valence-corrected chi connectivity index (χ3v) is 2.97. The Kier molecular flexibility index (Phi) is 5.25. The summed E-state index contributed by atoms with van der Waals surface area (Å²) in [4.78, 5) is 0. The van der Waals surface area contributed by atoms with E-state index in [2.05, 4.69) is 12.2 Å². The lowest BCUT2D eigenvalue weighted by Crippen LogP contribution is -2.14. The Morgan fingerprint density at radius 3 is 2.63 bits per heavy atom. The average Bonchev–Trinajstić information content (AvgIpc) is 2.43. The van der Waals surface area contributed by atoms with E-state index in [9.17, 15) is 0 Å². The molecule has 0 radical (unpaired) electrons. The molecule has 0 saturated heterocycles. The van der Waals surface area contributed by atoms with Crippen molar-refractivity contribution in [2.45, 2.75) is 19.9 Å². The van der Waals surface area contributed by atoms with Crippen LogP contribution in [0.15, 0.2) is 48.5 Å². The minimum atomic E-state index is 0.730. The molecule has 3 heteroatoms. The molecule has 1 N–H and O–H groups in total. The van der Waals surface area contributed by atoms with Gasteiger partial charge >= 0.3 is 0 Å². The molecule has 0 amide bonds. The predicted octanol–water partition coefficient (Wildman–Crippen LogP) is 4.63. The molecule has 2 aromatic rings. The number of rotatable bonds is 6. The van der Waals surface area contributed by atoms with Crippen molar-refractivity contribution in [2.75, 3.05) is 6.54 Å². The van der Waals surface area contributed by atoms with Gasteiger partial charge in [0.15, 0.2) is 0 Å². The normalized spacial score (nSPS) is 10.4. The van der Waals surface area contributed by atoms with Crippen molar-refractivity contribution in [3.05, 3.63) is 59.1 Å². The van der Waals surface area contributed by atoms with Gasteiger partial charge in [-0.05, 0) is 43.3 Å². The van der Waals surface area contributed by atoms with Crippen LogP contribution in [0.5, 0.6) is 11.5 Å². The van der Waals surface area contributed by atoms with Gasteiger partial charge in [0.2, 0.25) is 0 Å². The van der Waals surface area contributed by atoms with Crippen LogP contribution in [0.3, 0.4) is 0 Å². The van der Waals surface area contributed by atoms with Crippen molar-refractivity contribution in [3.8, 4) is 11.5 Å². The Morgan fingerprint density at radius 2 is 1.89 bits per heavy atom. The highest BCUT2D eigenvalue weighted by molar-refractivity contribution is 6.30. The van der Waals surface area contributed by atoms with Gasteiger partial charge in [-0.25, -0.2) is 0 Å². The summed E-state index contributed by atoms with van der Waals surface area (Å²) >= 11 is 6.05. The first-order valence-electron chi connectivity index (χ1n) is 6.51. The second-order valence-corrected chi connectivity index (χ2v) is 4.78. The second-order valence-electron chi connectivity index (χ2n) is 4.34. The summed E-state index contributed by atoms with van der Waals surface area (Å²) in [7, 11) is 0. The topological polar surface area (TPSA) is 21.3 Å². The van der Waals surface area contributed by atoms with Crippen molar-refractivity contribution in [2.24, 2.45) is 0 Å². The highest BCUT2D eigenvalue weighted by Gasteiger charge is 2.05. The van der Waals surface area contributed by atoms with Crippen LogP contribution in [0.1, 0.15) is 18.9 Å². The molecular weight excluding hydrogens is 258 g/mol. The maximum atomic E-state index is 6.05. The molecule has 0 aliphatic heterocycles. The molecule has 2 aromatic carbocycles. The molecule has 0 aliphatic rings. The van der Waals surface area contributed by atoms with Gasteiger partial charge in [0.25, 0.3) is 0 Å². The first kappa shape index (κ1) is 13.9. The van der Waals surface area contributed by atoms with E-state index >= 15 is 0 Å². The predicted molar refractivity (Wildman–Crippen MR) is 80.0 cm³/mol. The van der Waals surface area contributed by atoms with E-state index in [0.29, 0.717) is 0 Å². The van der Waals surface area contributed by atoms with E-state index < -0.39 is 0 Å². The lowest BCUT2D eigenvalue weighted by molar-refractivity contribution is 0.472. The third-order valence-electron chi connectivity index (χ3n) is 2.74. The maximum Gasteiger partial charge on any atom is 0.132 e. The zero-order chi connectivity index (χ0) is 13.5.